The standard InChI is InChI=1S/C10H12IN5O/c1-5-7(10(17-3)16(2)15-5)9-13-4-6(11)8(12)14-9/h4H,1-3H3,(H2,12,13,14). The number of methoxy groups -OCH3 is 1. The Labute approximate surface area is 112 Å². The quantitative estimate of drug-likeness (QED) is 0.832. The van der Waals surface area contributed by atoms with Crippen molar-refractivity contribution in [2.45, 2.75) is 6.92 Å². The predicted octanol–water partition coefficient (Wildman–Crippen LogP) is 1.38. The summed E-state index contributed by atoms with van der Waals surface area (Å²) in [6, 6.07) is 0. The molecule has 2 aromatic rings. The fraction of sp³-hybridized carbons (Fsp3) is 0.300. The van der Waals surface area contributed by atoms with E-state index in [-0.39, 0.29) is 0 Å². The summed E-state index contributed by atoms with van der Waals surface area (Å²) in [6.07, 6.45) is 1.68. The Morgan fingerprint density at radius 3 is 2.76 bits per heavy atom. The molecule has 0 atom stereocenters. The molecule has 2 N–H and O–H groups in total. The van der Waals surface area contributed by atoms with Gasteiger partial charge in [-0.1, -0.05) is 0 Å². The fourth-order valence-corrected chi connectivity index (χ4v) is 1.89. The molecule has 2 rings (SSSR count). The Bertz CT molecular complexity index is 566. The van der Waals surface area contributed by atoms with Gasteiger partial charge in [-0.05, 0) is 29.5 Å². The lowest BCUT2D eigenvalue weighted by atomic mass is 10.2. The number of hydrogen-bond acceptors (Lipinski definition) is 5. The van der Waals surface area contributed by atoms with Crippen LogP contribution in [-0.4, -0.2) is 26.9 Å². The SMILES string of the molecule is COc1c(-c2ncc(I)c(N)n2)c(C)nn1C. The van der Waals surface area contributed by atoms with E-state index in [1.54, 1.807) is 18.0 Å². The molecule has 0 spiro atoms. The van der Waals surface area contributed by atoms with E-state index in [2.05, 4.69) is 37.7 Å². The second-order valence-electron chi connectivity index (χ2n) is 3.52. The molecular formula is C10H12IN5O. The highest BCUT2D eigenvalue weighted by Gasteiger charge is 2.18. The zero-order valence-electron chi connectivity index (χ0n) is 9.73. The molecule has 2 heterocycles. The van der Waals surface area contributed by atoms with E-state index in [0.29, 0.717) is 17.5 Å². The lowest BCUT2D eigenvalue weighted by Crippen LogP contribution is -2.00. The van der Waals surface area contributed by atoms with Crippen LogP contribution in [0.25, 0.3) is 11.4 Å². The fourth-order valence-electron chi connectivity index (χ4n) is 1.63. The van der Waals surface area contributed by atoms with E-state index < -0.39 is 0 Å². The summed E-state index contributed by atoms with van der Waals surface area (Å²) >= 11 is 2.09. The number of halogens is 1. The number of nitrogens with zero attached hydrogens (tertiary/aromatic N) is 4. The average Bonchev–Trinajstić information content (AvgIpc) is 2.57. The maximum Gasteiger partial charge on any atom is 0.222 e. The van der Waals surface area contributed by atoms with Crippen molar-refractivity contribution in [3.63, 3.8) is 0 Å². The molecule has 2 aromatic heterocycles. The second-order valence-corrected chi connectivity index (χ2v) is 4.68. The molecule has 90 valence electrons. The van der Waals surface area contributed by atoms with E-state index in [1.165, 1.54) is 0 Å². The van der Waals surface area contributed by atoms with E-state index in [1.807, 2.05) is 14.0 Å². The Kier molecular flexibility index (Phi) is 3.18. The molecule has 7 heteroatoms. The first-order valence-corrected chi connectivity index (χ1v) is 5.98. The Morgan fingerprint density at radius 2 is 2.18 bits per heavy atom. The molecule has 6 nitrogen and oxygen atoms in total. The third-order valence-corrected chi connectivity index (χ3v) is 3.19. The molecule has 0 fully saturated rings. The van der Waals surface area contributed by atoms with Crippen LogP contribution in [-0.2, 0) is 7.05 Å². The summed E-state index contributed by atoms with van der Waals surface area (Å²) in [5, 5.41) is 4.28. The zero-order valence-corrected chi connectivity index (χ0v) is 11.9. The molecule has 0 aliphatic rings. The van der Waals surface area contributed by atoms with Gasteiger partial charge in [-0.3, -0.25) is 0 Å². The van der Waals surface area contributed by atoms with Crippen LogP contribution in [0.5, 0.6) is 5.88 Å². The highest BCUT2D eigenvalue weighted by atomic mass is 127. The molecule has 0 aromatic carbocycles. The van der Waals surface area contributed by atoms with E-state index in [0.717, 1.165) is 14.8 Å². The van der Waals surface area contributed by atoms with Gasteiger partial charge in [0.1, 0.15) is 11.4 Å². The van der Waals surface area contributed by atoms with Gasteiger partial charge in [-0.15, -0.1) is 0 Å². The normalized spacial score (nSPS) is 10.6. The molecule has 0 saturated carbocycles. The maximum atomic E-state index is 5.78. The molecule has 0 amide bonds. The molecule has 0 unspecified atom stereocenters. The summed E-state index contributed by atoms with van der Waals surface area (Å²) < 4.78 is 7.78. The van der Waals surface area contributed by atoms with Crippen LogP contribution >= 0.6 is 22.6 Å². The van der Waals surface area contributed by atoms with Crippen molar-refractivity contribution in [1.29, 1.82) is 0 Å². The predicted molar refractivity (Wildman–Crippen MR) is 72.7 cm³/mol. The number of ether oxygens (including phenoxy) is 1. The van der Waals surface area contributed by atoms with Crippen molar-refractivity contribution in [2.24, 2.45) is 7.05 Å². The Balaban J connectivity index is 2.63. The molecule has 17 heavy (non-hydrogen) atoms. The summed E-state index contributed by atoms with van der Waals surface area (Å²) in [6.45, 7) is 1.88. The molecule has 0 aliphatic carbocycles. The van der Waals surface area contributed by atoms with Crippen LogP contribution in [0, 0.1) is 10.5 Å². The van der Waals surface area contributed by atoms with Gasteiger partial charge >= 0.3 is 0 Å². The van der Waals surface area contributed by atoms with Gasteiger partial charge in [-0.2, -0.15) is 5.10 Å². The van der Waals surface area contributed by atoms with Crippen molar-refractivity contribution in [1.82, 2.24) is 19.7 Å². The lowest BCUT2D eigenvalue weighted by Gasteiger charge is -2.05. The molecule has 0 bridgehead atoms. The third kappa shape index (κ3) is 2.06. The minimum atomic E-state index is 0.459. The number of nitrogen functional groups attached to an aromatic ring is 1. The minimum Gasteiger partial charge on any atom is -0.481 e. The average molecular weight is 345 g/mol. The topological polar surface area (TPSA) is 78.8 Å². The minimum absolute atomic E-state index is 0.459. The maximum absolute atomic E-state index is 5.78. The van der Waals surface area contributed by atoms with Crippen LogP contribution in [0.3, 0.4) is 0 Å². The van der Waals surface area contributed by atoms with Gasteiger partial charge in [0.05, 0.1) is 16.4 Å². The monoisotopic (exact) mass is 345 g/mol. The Hall–Kier alpha value is -1.38. The van der Waals surface area contributed by atoms with Crippen LogP contribution in [0.15, 0.2) is 6.20 Å². The van der Waals surface area contributed by atoms with Gasteiger partial charge in [0.15, 0.2) is 5.82 Å². The molecular weight excluding hydrogens is 333 g/mol. The summed E-state index contributed by atoms with van der Waals surface area (Å²) in [7, 11) is 3.40. The second kappa shape index (κ2) is 4.47. The first-order chi connectivity index (χ1) is 8.04. The van der Waals surface area contributed by atoms with Gasteiger partial charge in [0, 0.05) is 13.2 Å². The van der Waals surface area contributed by atoms with Crippen molar-refractivity contribution >= 4 is 28.4 Å². The number of rotatable bonds is 2. The zero-order chi connectivity index (χ0) is 12.6. The van der Waals surface area contributed by atoms with Gasteiger partial charge in [0.2, 0.25) is 5.88 Å². The van der Waals surface area contributed by atoms with E-state index >= 15 is 0 Å². The number of aryl methyl sites for hydroxylation is 2. The number of hydrogen-bond donors (Lipinski definition) is 1. The smallest absolute Gasteiger partial charge is 0.222 e. The first kappa shape index (κ1) is 12.1. The van der Waals surface area contributed by atoms with Crippen molar-refractivity contribution in [3.05, 3.63) is 15.5 Å². The lowest BCUT2D eigenvalue weighted by molar-refractivity contribution is 0.374. The van der Waals surface area contributed by atoms with Crippen molar-refractivity contribution < 1.29 is 4.74 Å². The summed E-state index contributed by atoms with van der Waals surface area (Å²) in [5.74, 6) is 1.62. The molecule has 0 radical (unpaired) electrons. The van der Waals surface area contributed by atoms with E-state index in [4.69, 9.17) is 10.5 Å². The summed E-state index contributed by atoms with van der Waals surface area (Å²) in [4.78, 5) is 8.51. The third-order valence-electron chi connectivity index (χ3n) is 2.36. The molecule has 0 aliphatic heterocycles. The Morgan fingerprint density at radius 1 is 1.47 bits per heavy atom. The number of anilines is 1. The van der Waals surface area contributed by atoms with Crippen LogP contribution in [0.1, 0.15) is 5.69 Å². The number of nitrogens with two attached hydrogens (primary N) is 1. The highest BCUT2D eigenvalue weighted by Crippen LogP contribution is 2.30. The van der Waals surface area contributed by atoms with Crippen LogP contribution < -0.4 is 10.5 Å². The van der Waals surface area contributed by atoms with Crippen LogP contribution in [0.2, 0.25) is 0 Å². The number of aromatic nitrogens is 4. The summed E-state index contributed by atoms with van der Waals surface area (Å²) in [5.41, 5.74) is 7.37. The van der Waals surface area contributed by atoms with Gasteiger partial charge < -0.3 is 10.5 Å². The van der Waals surface area contributed by atoms with Gasteiger partial charge in [0.25, 0.3) is 0 Å². The van der Waals surface area contributed by atoms with Crippen molar-refractivity contribution in [3.8, 4) is 17.3 Å². The molecule has 0 saturated heterocycles. The van der Waals surface area contributed by atoms with Gasteiger partial charge in [-0.25, -0.2) is 14.6 Å². The van der Waals surface area contributed by atoms with E-state index in [9.17, 15) is 0 Å². The van der Waals surface area contributed by atoms with Crippen molar-refractivity contribution in [2.75, 3.05) is 12.8 Å². The van der Waals surface area contributed by atoms with Crippen LogP contribution in [0.4, 0.5) is 5.82 Å². The largest absolute Gasteiger partial charge is 0.481 e. The highest BCUT2D eigenvalue weighted by molar-refractivity contribution is 14.1. The first-order valence-electron chi connectivity index (χ1n) is 4.90.